The molecule has 1 unspecified atom stereocenters. The van der Waals surface area contributed by atoms with E-state index in [9.17, 15) is 4.79 Å². The Morgan fingerprint density at radius 3 is 1.90 bits per heavy atom. The number of aliphatic carboxylic acids is 1. The molecule has 2 heteroatoms. The lowest BCUT2D eigenvalue weighted by Gasteiger charge is -2.13. The third-order valence-electron chi connectivity index (χ3n) is 2.59. The number of carboxylic acid groups (broad SMARTS) is 1. The molecule has 0 heterocycles. The molecule has 0 aromatic heterocycles. The van der Waals surface area contributed by atoms with Gasteiger partial charge in [0.15, 0.2) is 0 Å². The molecule has 2 nitrogen and oxygen atoms in total. The van der Waals surface area contributed by atoms with Crippen LogP contribution >= 0.6 is 0 Å². The van der Waals surface area contributed by atoms with Gasteiger partial charge >= 0.3 is 5.97 Å². The molecule has 0 saturated heterocycles. The highest BCUT2D eigenvalue weighted by atomic mass is 16.4. The van der Waals surface area contributed by atoms with Gasteiger partial charge in [0.25, 0.3) is 0 Å². The summed E-state index contributed by atoms with van der Waals surface area (Å²) in [4.78, 5) is 10.6. The molecule has 0 aromatic carbocycles. The van der Waals surface area contributed by atoms with E-state index in [-0.39, 0.29) is 5.92 Å². The Bertz CT molecular complexity index is 132. The zero-order valence-corrected chi connectivity index (χ0v) is 6.50. The largest absolute Gasteiger partial charge is 0.481 e. The zero-order valence-electron chi connectivity index (χ0n) is 6.50. The summed E-state index contributed by atoms with van der Waals surface area (Å²) >= 11 is 0. The van der Waals surface area contributed by atoms with Gasteiger partial charge in [0, 0.05) is 0 Å². The molecular weight excluding hydrogens is 128 g/mol. The van der Waals surface area contributed by atoms with E-state index in [0.29, 0.717) is 11.8 Å². The average molecular weight is 142 g/mol. The van der Waals surface area contributed by atoms with Gasteiger partial charge in [-0.2, -0.15) is 0 Å². The lowest BCUT2D eigenvalue weighted by atomic mass is 9.92. The lowest BCUT2D eigenvalue weighted by Crippen LogP contribution is -2.21. The molecule has 1 saturated carbocycles. The Labute approximate surface area is 61.2 Å². The fourth-order valence-electron chi connectivity index (χ4n) is 1.93. The van der Waals surface area contributed by atoms with E-state index in [0.717, 1.165) is 12.8 Å². The van der Waals surface area contributed by atoms with E-state index < -0.39 is 5.97 Å². The lowest BCUT2D eigenvalue weighted by molar-refractivity contribution is -0.144. The standard InChI is InChI=1S/C8H14O2/c1-5-3-4-6(2)7(5)8(9)10/h5-7H,3-4H2,1-2H3,(H,9,10)/t5-,6+,7?. The molecule has 1 aliphatic carbocycles. The molecule has 1 rings (SSSR count). The van der Waals surface area contributed by atoms with Gasteiger partial charge in [0.2, 0.25) is 0 Å². The molecule has 0 aliphatic heterocycles. The van der Waals surface area contributed by atoms with Gasteiger partial charge in [-0.25, -0.2) is 0 Å². The van der Waals surface area contributed by atoms with Crippen LogP contribution in [0.15, 0.2) is 0 Å². The summed E-state index contributed by atoms with van der Waals surface area (Å²) in [6.45, 7) is 4.06. The maximum atomic E-state index is 10.6. The summed E-state index contributed by atoms with van der Waals surface area (Å²) in [6, 6.07) is 0. The number of carbonyl (C=O) groups is 1. The van der Waals surface area contributed by atoms with Gasteiger partial charge in [-0.3, -0.25) is 4.79 Å². The van der Waals surface area contributed by atoms with E-state index in [1.165, 1.54) is 0 Å². The normalized spacial score (nSPS) is 40.0. The molecule has 0 bridgehead atoms. The first kappa shape index (κ1) is 7.58. The van der Waals surface area contributed by atoms with Crippen LogP contribution in [-0.2, 0) is 4.79 Å². The third kappa shape index (κ3) is 1.15. The van der Waals surface area contributed by atoms with Gasteiger partial charge in [0.1, 0.15) is 0 Å². The Balaban J connectivity index is 2.63. The van der Waals surface area contributed by atoms with Crippen molar-refractivity contribution < 1.29 is 9.90 Å². The molecule has 58 valence electrons. The van der Waals surface area contributed by atoms with E-state index in [4.69, 9.17) is 5.11 Å². The summed E-state index contributed by atoms with van der Waals surface area (Å²) in [5.74, 6) is 0.0671. The van der Waals surface area contributed by atoms with Crippen molar-refractivity contribution in [1.29, 1.82) is 0 Å². The molecule has 10 heavy (non-hydrogen) atoms. The maximum Gasteiger partial charge on any atom is 0.307 e. The van der Waals surface area contributed by atoms with Gasteiger partial charge in [0.05, 0.1) is 5.92 Å². The Kier molecular flexibility index (Phi) is 1.97. The van der Waals surface area contributed by atoms with Crippen LogP contribution in [0.1, 0.15) is 26.7 Å². The van der Waals surface area contributed by atoms with Crippen LogP contribution < -0.4 is 0 Å². The summed E-state index contributed by atoms with van der Waals surface area (Å²) in [6.07, 6.45) is 2.16. The molecule has 3 atom stereocenters. The molecule has 0 aromatic rings. The van der Waals surface area contributed by atoms with E-state index >= 15 is 0 Å². The second-order valence-electron chi connectivity index (χ2n) is 3.40. The average Bonchev–Trinajstić information content (AvgIpc) is 2.11. The van der Waals surface area contributed by atoms with Crippen LogP contribution in [0.3, 0.4) is 0 Å². The van der Waals surface area contributed by atoms with Crippen LogP contribution in [0.25, 0.3) is 0 Å². The fourth-order valence-corrected chi connectivity index (χ4v) is 1.93. The first-order valence-electron chi connectivity index (χ1n) is 3.85. The third-order valence-corrected chi connectivity index (χ3v) is 2.59. The van der Waals surface area contributed by atoms with Crippen molar-refractivity contribution in [3.8, 4) is 0 Å². The van der Waals surface area contributed by atoms with Crippen molar-refractivity contribution in [3.63, 3.8) is 0 Å². The molecule has 1 fully saturated rings. The molecule has 1 aliphatic rings. The molecule has 0 spiro atoms. The van der Waals surface area contributed by atoms with Crippen molar-refractivity contribution in [2.24, 2.45) is 17.8 Å². The smallest absolute Gasteiger partial charge is 0.307 e. The van der Waals surface area contributed by atoms with Crippen molar-refractivity contribution in [2.45, 2.75) is 26.7 Å². The fraction of sp³-hybridized carbons (Fsp3) is 0.875. The van der Waals surface area contributed by atoms with Crippen LogP contribution in [0, 0.1) is 17.8 Å². The molecule has 1 N–H and O–H groups in total. The predicted octanol–water partition coefficient (Wildman–Crippen LogP) is 1.75. The minimum Gasteiger partial charge on any atom is -0.481 e. The van der Waals surface area contributed by atoms with Crippen LogP contribution in [0.4, 0.5) is 0 Å². The first-order chi connectivity index (χ1) is 4.63. The van der Waals surface area contributed by atoms with E-state index in [1.54, 1.807) is 0 Å². The quantitative estimate of drug-likeness (QED) is 0.605. The van der Waals surface area contributed by atoms with E-state index in [2.05, 4.69) is 0 Å². The first-order valence-corrected chi connectivity index (χ1v) is 3.85. The number of carboxylic acids is 1. The highest BCUT2D eigenvalue weighted by molar-refractivity contribution is 5.71. The summed E-state index contributed by atoms with van der Waals surface area (Å²) < 4.78 is 0. The van der Waals surface area contributed by atoms with Crippen molar-refractivity contribution in [1.82, 2.24) is 0 Å². The van der Waals surface area contributed by atoms with Crippen molar-refractivity contribution in [3.05, 3.63) is 0 Å². The summed E-state index contributed by atoms with van der Waals surface area (Å²) in [5.41, 5.74) is 0. The monoisotopic (exact) mass is 142 g/mol. The van der Waals surface area contributed by atoms with Gasteiger partial charge in [-0.05, 0) is 24.7 Å². The zero-order chi connectivity index (χ0) is 7.72. The summed E-state index contributed by atoms with van der Waals surface area (Å²) in [7, 11) is 0. The predicted molar refractivity (Wildman–Crippen MR) is 38.7 cm³/mol. The van der Waals surface area contributed by atoms with Crippen LogP contribution in [0.2, 0.25) is 0 Å². The molecule has 0 radical (unpaired) electrons. The Hall–Kier alpha value is -0.530. The van der Waals surface area contributed by atoms with Gasteiger partial charge in [-0.15, -0.1) is 0 Å². The van der Waals surface area contributed by atoms with Crippen molar-refractivity contribution in [2.75, 3.05) is 0 Å². The summed E-state index contributed by atoms with van der Waals surface area (Å²) in [5, 5.41) is 8.75. The SMILES string of the molecule is C[C@@H]1CC[C@H](C)C1C(=O)O. The molecular formula is C8H14O2. The molecule has 0 amide bonds. The Morgan fingerprint density at radius 1 is 1.30 bits per heavy atom. The Morgan fingerprint density at radius 2 is 1.70 bits per heavy atom. The van der Waals surface area contributed by atoms with E-state index in [1.807, 2.05) is 13.8 Å². The number of hydrogen-bond donors (Lipinski definition) is 1. The van der Waals surface area contributed by atoms with Gasteiger partial charge < -0.3 is 5.11 Å². The highest BCUT2D eigenvalue weighted by Crippen LogP contribution is 2.36. The van der Waals surface area contributed by atoms with Crippen LogP contribution in [0.5, 0.6) is 0 Å². The maximum absolute atomic E-state index is 10.6. The second kappa shape index (κ2) is 2.60. The number of rotatable bonds is 1. The van der Waals surface area contributed by atoms with Crippen molar-refractivity contribution >= 4 is 5.97 Å². The van der Waals surface area contributed by atoms with Gasteiger partial charge in [-0.1, -0.05) is 13.8 Å². The highest BCUT2D eigenvalue weighted by Gasteiger charge is 2.35. The second-order valence-corrected chi connectivity index (χ2v) is 3.40. The minimum absolute atomic E-state index is 0.0833. The minimum atomic E-state index is -0.613. The van der Waals surface area contributed by atoms with Crippen LogP contribution in [-0.4, -0.2) is 11.1 Å². The number of hydrogen-bond acceptors (Lipinski definition) is 1. The topological polar surface area (TPSA) is 37.3 Å².